The summed E-state index contributed by atoms with van der Waals surface area (Å²) in [7, 11) is 0. The van der Waals surface area contributed by atoms with Crippen LogP contribution in [-0.2, 0) is 0 Å². The quantitative estimate of drug-likeness (QED) is 0.419. The Kier molecular flexibility index (Phi) is 4.09. The first-order chi connectivity index (χ1) is 2.91. The molecule has 0 unspecified atom stereocenters. The van der Waals surface area contributed by atoms with Crippen LogP contribution in [0.4, 0.5) is 0 Å². The van der Waals surface area contributed by atoms with Crippen molar-refractivity contribution in [3.8, 4) is 0 Å². The minimum Gasteiger partial charge on any atom is -0.0842 e. The second-order valence-corrected chi connectivity index (χ2v) is 0.813. The molecular weight excluding hydrogens is 72.1 g/mol. The molecule has 6 heavy (non-hydrogen) atoms. The summed E-state index contributed by atoms with van der Waals surface area (Å²) in [4.78, 5) is 0. The number of allylic oxidation sites excluding steroid dienone is 4. The maximum atomic E-state index is 4.96. The summed E-state index contributed by atoms with van der Waals surface area (Å²) in [6.45, 7) is 8.39. The summed E-state index contributed by atoms with van der Waals surface area (Å²) < 4.78 is 0. The molecule has 0 aliphatic heterocycles. The lowest BCUT2D eigenvalue weighted by molar-refractivity contribution is 1.92. The Morgan fingerprint density at radius 1 is 1.33 bits per heavy atom. The fourth-order valence-electron chi connectivity index (χ4n) is 0.143. The van der Waals surface area contributed by atoms with Crippen molar-refractivity contribution in [1.29, 1.82) is 0 Å². The van der Waals surface area contributed by atoms with Gasteiger partial charge < -0.3 is 0 Å². The van der Waals surface area contributed by atoms with Gasteiger partial charge in [-0.05, 0) is 13.8 Å². The highest BCUT2D eigenvalue weighted by molar-refractivity contribution is 5.04. The Balaban J connectivity index is 3.07. The van der Waals surface area contributed by atoms with Crippen molar-refractivity contribution in [3.05, 3.63) is 38.2 Å². The highest BCUT2D eigenvalue weighted by Crippen LogP contribution is 1.70. The summed E-state index contributed by atoms with van der Waals surface area (Å²) in [5.41, 5.74) is 0. The van der Waals surface area contributed by atoms with E-state index in [4.69, 9.17) is 6.92 Å². The summed E-state index contributed by atoms with van der Waals surface area (Å²) in [5, 5.41) is 0. The molecule has 0 heteroatoms. The Morgan fingerprint density at radius 2 is 2.00 bits per heavy atom. The van der Waals surface area contributed by atoms with Crippen molar-refractivity contribution < 1.29 is 0 Å². The standard InChI is InChI=1S/C6H7/c1-3-5-6-4-2/h1,3-6H,2H2. The lowest BCUT2D eigenvalue weighted by atomic mass is 10.5. The van der Waals surface area contributed by atoms with E-state index in [1.54, 1.807) is 18.2 Å². The Hall–Kier alpha value is -0.520. The third-order valence-electron chi connectivity index (χ3n) is 0.358. The van der Waals surface area contributed by atoms with Crippen molar-refractivity contribution in [2.45, 2.75) is 0 Å². The molecule has 0 saturated carbocycles. The van der Waals surface area contributed by atoms with Gasteiger partial charge in [-0.3, -0.25) is 0 Å². The van der Waals surface area contributed by atoms with E-state index in [-0.39, 0.29) is 0 Å². The van der Waals surface area contributed by atoms with Crippen LogP contribution >= 0.6 is 0 Å². The number of hydrogen-bond acceptors (Lipinski definition) is 0. The SMILES string of the molecule is [CH]C=CC=C[CH2]. The molecule has 0 atom stereocenters. The minimum atomic E-state index is 1.46. The second-order valence-electron chi connectivity index (χ2n) is 0.813. The fraction of sp³-hybridized carbons (Fsp3) is 0. The van der Waals surface area contributed by atoms with E-state index in [0.717, 1.165) is 0 Å². The minimum absolute atomic E-state index is 1.46. The van der Waals surface area contributed by atoms with Crippen LogP contribution in [0.25, 0.3) is 0 Å². The third-order valence-corrected chi connectivity index (χ3v) is 0.358. The van der Waals surface area contributed by atoms with E-state index in [9.17, 15) is 0 Å². The molecule has 0 aliphatic carbocycles. The lowest BCUT2D eigenvalue weighted by Gasteiger charge is -1.62. The monoisotopic (exact) mass is 79.1 g/mol. The normalized spacial score (nSPS) is 11.7. The van der Waals surface area contributed by atoms with E-state index in [1.807, 2.05) is 0 Å². The van der Waals surface area contributed by atoms with Gasteiger partial charge in [0, 0.05) is 0 Å². The van der Waals surface area contributed by atoms with Crippen LogP contribution in [0.1, 0.15) is 0 Å². The summed E-state index contributed by atoms with van der Waals surface area (Å²) >= 11 is 0. The average Bonchev–Trinajstić information content (AvgIpc) is 1.61. The van der Waals surface area contributed by atoms with Gasteiger partial charge in [-0.2, -0.15) is 0 Å². The highest BCUT2D eigenvalue weighted by atomic mass is 13.6. The van der Waals surface area contributed by atoms with Gasteiger partial charge in [-0.15, -0.1) is 0 Å². The maximum Gasteiger partial charge on any atom is -0.00925 e. The smallest absolute Gasteiger partial charge is 0.00925 e. The number of hydrogen-bond donors (Lipinski definition) is 0. The van der Waals surface area contributed by atoms with Crippen LogP contribution in [0.5, 0.6) is 0 Å². The molecule has 0 nitrogen and oxygen atoms in total. The average molecular weight is 79.1 g/mol. The molecule has 0 spiro atoms. The van der Waals surface area contributed by atoms with Crippen molar-refractivity contribution in [2.75, 3.05) is 0 Å². The summed E-state index contributed by atoms with van der Waals surface area (Å²) in [5.74, 6) is 0. The van der Waals surface area contributed by atoms with E-state index < -0.39 is 0 Å². The van der Waals surface area contributed by atoms with Gasteiger partial charge in [0.15, 0.2) is 0 Å². The van der Waals surface area contributed by atoms with E-state index in [1.165, 1.54) is 6.08 Å². The molecule has 3 radical (unpaired) electrons. The van der Waals surface area contributed by atoms with Crippen molar-refractivity contribution in [2.24, 2.45) is 0 Å². The van der Waals surface area contributed by atoms with Crippen molar-refractivity contribution >= 4 is 0 Å². The first kappa shape index (κ1) is 5.48. The largest absolute Gasteiger partial charge is 0.0842 e. The Labute approximate surface area is 39.2 Å². The molecule has 0 aliphatic rings. The first-order valence-corrected chi connectivity index (χ1v) is 1.74. The Bertz CT molecular complexity index is 48.4. The van der Waals surface area contributed by atoms with Gasteiger partial charge in [-0.1, -0.05) is 24.3 Å². The van der Waals surface area contributed by atoms with E-state index >= 15 is 0 Å². The molecule has 31 valence electrons. The number of rotatable bonds is 1. The second kappa shape index (κ2) is 4.48. The fourth-order valence-corrected chi connectivity index (χ4v) is 0.143. The zero-order valence-electron chi connectivity index (χ0n) is 3.59. The lowest BCUT2D eigenvalue weighted by Crippen LogP contribution is -1.41. The molecular formula is C6H7. The summed E-state index contributed by atoms with van der Waals surface area (Å²) in [6, 6.07) is 0. The molecule has 0 saturated heterocycles. The van der Waals surface area contributed by atoms with Gasteiger partial charge in [0.25, 0.3) is 0 Å². The molecule has 0 rings (SSSR count). The predicted octanol–water partition coefficient (Wildman–Crippen LogP) is 1.64. The zero-order chi connectivity index (χ0) is 4.83. The van der Waals surface area contributed by atoms with Gasteiger partial charge in [-0.25, -0.2) is 0 Å². The molecule has 0 aromatic carbocycles. The van der Waals surface area contributed by atoms with Crippen LogP contribution in [0, 0.1) is 13.8 Å². The van der Waals surface area contributed by atoms with E-state index in [2.05, 4.69) is 6.92 Å². The zero-order valence-corrected chi connectivity index (χ0v) is 3.59. The molecule has 0 heterocycles. The molecule has 0 aromatic heterocycles. The predicted molar refractivity (Wildman–Crippen MR) is 27.9 cm³/mol. The molecule has 0 bridgehead atoms. The first-order valence-electron chi connectivity index (χ1n) is 1.74. The maximum absolute atomic E-state index is 4.96. The third kappa shape index (κ3) is 3.48. The van der Waals surface area contributed by atoms with Gasteiger partial charge >= 0.3 is 0 Å². The highest BCUT2D eigenvalue weighted by Gasteiger charge is 1.49. The Morgan fingerprint density at radius 3 is 2.17 bits per heavy atom. The van der Waals surface area contributed by atoms with Gasteiger partial charge in [0.1, 0.15) is 0 Å². The van der Waals surface area contributed by atoms with Crippen LogP contribution in [0.2, 0.25) is 0 Å². The van der Waals surface area contributed by atoms with Crippen molar-refractivity contribution in [3.63, 3.8) is 0 Å². The molecule has 0 fully saturated rings. The van der Waals surface area contributed by atoms with Crippen LogP contribution < -0.4 is 0 Å². The van der Waals surface area contributed by atoms with E-state index in [0.29, 0.717) is 0 Å². The van der Waals surface area contributed by atoms with Gasteiger partial charge in [0.2, 0.25) is 0 Å². The van der Waals surface area contributed by atoms with Crippen LogP contribution in [0.3, 0.4) is 0 Å². The molecule has 0 amide bonds. The molecule has 0 N–H and O–H groups in total. The van der Waals surface area contributed by atoms with Crippen molar-refractivity contribution in [1.82, 2.24) is 0 Å². The van der Waals surface area contributed by atoms with Crippen LogP contribution in [0.15, 0.2) is 24.3 Å². The molecule has 0 aromatic rings. The van der Waals surface area contributed by atoms with Crippen LogP contribution in [-0.4, -0.2) is 0 Å². The summed E-state index contributed by atoms with van der Waals surface area (Å²) in [6.07, 6.45) is 6.61. The topological polar surface area (TPSA) is 0 Å². The van der Waals surface area contributed by atoms with Gasteiger partial charge in [0.05, 0.1) is 0 Å².